The minimum atomic E-state index is 0.0342. The number of benzene rings is 1. The van der Waals surface area contributed by atoms with Gasteiger partial charge in [-0.25, -0.2) is 0 Å². The van der Waals surface area contributed by atoms with E-state index in [-0.39, 0.29) is 12.5 Å². The highest BCUT2D eigenvalue weighted by molar-refractivity contribution is 5.77. The highest BCUT2D eigenvalue weighted by Gasteiger charge is 2.55. The summed E-state index contributed by atoms with van der Waals surface area (Å²) < 4.78 is 10.9. The smallest absolute Gasteiger partial charge is 0.260 e. The standard InChI is InChI=1S/C19H26N2O3/c1-19-10-16(19)12-20(14-19)11-15-2-4-17(5-3-15)24-13-18(22)21-6-8-23-9-7-21/h2-5,16H,6-14H2,1H3. The molecule has 1 aromatic carbocycles. The molecule has 1 aromatic rings. The number of nitrogens with zero attached hydrogens (tertiary/aromatic N) is 2. The van der Waals surface area contributed by atoms with E-state index in [9.17, 15) is 4.79 Å². The second-order valence-corrected chi connectivity index (χ2v) is 7.65. The molecule has 2 unspecified atom stereocenters. The van der Waals surface area contributed by atoms with Crippen LogP contribution in [0.5, 0.6) is 5.75 Å². The van der Waals surface area contributed by atoms with Crippen LogP contribution >= 0.6 is 0 Å². The van der Waals surface area contributed by atoms with Crippen LogP contribution in [0.1, 0.15) is 18.9 Å². The number of likely N-dealkylation sites (tertiary alicyclic amines) is 1. The third kappa shape index (κ3) is 3.42. The lowest BCUT2D eigenvalue weighted by Gasteiger charge is -2.26. The third-order valence-electron chi connectivity index (χ3n) is 5.66. The minimum absolute atomic E-state index is 0.0342. The largest absolute Gasteiger partial charge is 0.484 e. The minimum Gasteiger partial charge on any atom is -0.484 e. The first-order valence-electron chi connectivity index (χ1n) is 8.92. The molecule has 0 spiro atoms. The number of carbonyl (C=O) groups is 1. The van der Waals surface area contributed by atoms with Gasteiger partial charge in [0.25, 0.3) is 5.91 Å². The number of rotatable bonds is 5. The number of morpholine rings is 1. The van der Waals surface area contributed by atoms with E-state index in [2.05, 4.69) is 24.0 Å². The molecule has 2 aliphatic heterocycles. The van der Waals surface area contributed by atoms with Gasteiger partial charge in [0.15, 0.2) is 6.61 Å². The summed E-state index contributed by atoms with van der Waals surface area (Å²) in [5.41, 5.74) is 1.91. The number of carbonyl (C=O) groups excluding carboxylic acids is 1. The molecule has 130 valence electrons. The van der Waals surface area contributed by atoms with Gasteiger partial charge in [-0.05, 0) is 35.4 Å². The van der Waals surface area contributed by atoms with Crippen LogP contribution in [0.15, 0.2) is 24.3 Å². The molecule has 4 rings (SSSR count). The summed E-state index contributed by atoms with van der Waals surface area (Å²) in [6.45, 7) is 8.55. The van der Waals surface area contributed by atoms with Gasteiger partial charge < -0.3 is 14.4 Å². The Hall–Kier alpha value is -1.59. The predicted octanol–water partition coefficient (Wildman–Crippen LogP) is 1.77. The molecular weight excluding hydrogens is 304 g/mol. The Balaban J connectivity index is 1.24. The van der Waals surface area contributed by atoms with E-state index >= 15 is 0 Å². The SMILES string of the molecule is CC12CC1CN(Cc1ccc(OCC(=O)N3CCOCC3)cc1)C2. The van der Waals surface area contributed by atoms with E-state index in [4.69, 9.17) is 9.47 Å². The van der Waals surface area contributed by atoms with Gasteiger partial charge in [-0.1, -0.05) is 19.1 Å². The zero-order valence-electron chi connectivity index (χ0n) is 14.4. The molecule has 1 saturated carbocycles. The Kier molecular flexibility index (Phi) is 4.22. The van der Waals surface area contributed by atoms with Crippen LogP contribution in [-0.2, 0) is 16.1 Å². The number of ether oxygens (including phenoxy) is 2. The lowest BCUT2D eigenvalue weighted by molar-refractivity contribution is -0.137. The topological polar surface area (TPSA) is 42.0 Å². The van der Waals surface area contributed by atoms with Crippen LogP contribution in [0.4, 0.5) is 0 Å². The maximum absolute atomic E-state index is 12.1. The van der Waals surface area contributed by atoms with Crippen molar-refractivity contribution in [2.24, 2.45) is 11.3 Å². The average Bonchev–Trinajstić information content (AvgIpc) is 3.12. The van der Waals surface area contributed by atoms with Gasteiger partial charge in [-0.2, -0.15) is 0 Å². The lowest BCUT2D eigenvalue weighted by Crippen LogP contribution is -2.42. The zero-order chi connectivity index (χ0) is 16.6. The maximum atomic E-state index is 12.1. The van der Waals surface area contributed by atoms with Crippen LogP contribution in [-0.4, -0.2) is 61.7 Å². The second-order valence-electron chi connectivity index (χ2n) is 7.65. The Morgan fingerprint density at radius 1 is 1.29 bits per heavy atom. The van der Waals surface area contributed by atoms with Gasteiger partial charge in [0.05, 0.1) is 13.2 Å². The van der Waals surface area contributed by atoms with Gasteiger partial charge in [-0.3, -0.25) is 9.69 Å². The van der Waals surface area contributed by atoms with Crippen molar-refractivity contribution in [3.63, 3.8) is 0 Å². The fourth-order valence-electron chi connectivity index (χ4n) is 3.99. The Morgan fingerprint density at radius 3 is 2.71 bits per heavy atom. The van der Waals surface area contributed by atoms with Crippen molar-refractivity contribution < 1.29 is 14.3 Å². The molecule has 2 saturated heterocycles. The molecule has 5 nitrogen and oxygen atoms in total. The Labute approximate surface area is 143 Å². The lowest BCUT2D eigenvalue weighted by atomic mass is 10.1. The van der Waals surface area contributed by atoms with Crippen LogP contribution in [0, 0.1) is 11.3 Å². The zero-order valence-corrected chi connectivity index (χ0v) is 14.4. The fraction of sp³-hybridized carbons (Fsp3) is 0.632. The van der Waals surface area contributed by atoms with Crippen LogP contribution in [0.25, 0.3) is 0 Å². The monoisotopic (exact) mass is 330 g/mol. The van der Waals surface area contributed by atoms with E-state index in [1.165, 1.54) is 25.1 Å². The predicted molar refractivity (Wildman–Crippen MR) is 90.8 cm³/mol. The normalized spacial score (nSPS) is 29.4. The Morgan fingerprint density at radius 2 is 2.04 bits per heavy atom. The van der Waals surface area contributed by atoms with E-state index < -0.39 is 0 Å². The van der Waals surface area contributed by atoms with Gasteiger partial charge in [0.1, 0.15) is 5.75 Å². The molecule has 0 aromatic heterocycles. The molecule has 1 amide bonds. The molecule has 1 aliphatic carbocycles. The molecule has 5 heteroatoms. The van der Waals surface area contributed by atoms with Gasteiger partial charge in [-0.15, -0.1) is 0 Å². The van der Waals surface area contributed by atoms with Crippen molar-refractivity contribution >= 4 is 5.91 Å². The van der Waals surface area contributed by atoms with Crippen LogP contribution in [0.3, 0.4) is 0 Å². The highest BCUT2D eigenvalue weighted by Crippen LogP contribution is 2.57. The number of hydrogen-bond acceptors (Lipinski definition) is 4. The molecule has 3 fully saturated rings. The number of hydrogen-bond donors (Lipinski definition) is 0. The van der Waals surface area contributed by atoms with Gasteiger partial charge in [0, 0.05) is 32.7 Å². The van der Waals surface area contributed by atoms with E-state index in [1.54, 1.807) is 4.90 Å². The van der Waals surface area contributed by atoms with Crippen molar-refractivity contribution in [2.75, 3.05) is 46.0 Å². The van der Waals surface area contributed by atoms with Gasteiger partial charge >= 0.3 is 0 Å². The van der Waals surface area contributed by atoms with E-state index in [0.717, 1.165) is 18.2 Å². The van der Waals surface area contributed by atoms with Crippen molar-refractivity contribution in [3.05, 3.63) is 29.8 Å². The summed E-state index contributed by atoms with van der Waals surface area (Å²) in [5.74, 6) is 1.72. The number of piperidine rings is 1. The van der Waals surface area contributed by atoms with Crippen molar-refractivity contribution in [1.29, 1.82) is 0 Å². The quantitative estimate of drug-likeness (QED) is 0.825. The molecule has 2 atom stereocenters. The summed E-state index contributed by atoms with van der Waals surface area (Å²) in [4.78, 5) is 16.4. The second kappa shape index (κ2) is 6.37. The maximum Gasteiger partial charge on any atom is 0.260 e. The van der Waals surface area contributed by atoms with E-state index in [1.807, 2.05) is 12.1 Å². The van der Waals surface area contributed by atoms with Gasteiger partial charge in [0.2, 0.25) is 0 Å². The first-order chi connectivity index (χ1) is 11.6. The number of amides is 1. The molecule has 24 heavy (non-hydrogen) atoms. The summed E-state index contributed by atoms with van der Waals surface area (Å²) in [5, 5.41) is 0. The summed E-state index contributed by atoms with van der Waals surface area (Å²) >= 11 is 0. The summed E-state index contributed by atoms with van der Waals surface area (Å²) in [7, 11) is 0. The van der Waals surface area contributed by atoms with Crippen LogP contribution < -0.4 is 4.74 Å². The molecule has 3 aliphatic rings. The van der Waals surface area contributed by atoms with Crippen molar-refractivity contribution in [3.8, 4) is 5.75 Å². The first kappa shape index (κ1) is 15.9. The van der Waals surface area contributed by atoms with Crippen LogP contribution in [0.2, 0.25) is 0 Å². The molecule has 2 heterocycles. The summed E-state index contributed by atoms with van der Waals surface area (Å²) in [6.07, 6.45) is 1.41. The summed E-state index contributed by atoms with van der Waals surface area (Å²) in [6, 6.07) is 8.17. The fourth-order valence-corrected chi connectivity index (χ4v) is 3.99. The van der Waals surface area contributed by atoms with E-state index in [0.29, 0.717) is 31.7 Å². The van der Waals surface area contributed by atoms with Crippen molar-refractivity contribution in [1.82, 2.24) is 9.80 Å². The average molecular weight is 330 g/mol. The van der Waals surface area contributed by atoms with Crippen molar-refractivity contribution in [2.45, 2.75) is 19.9 Å². The third-order valence-corrected chi connectivity index (χ3v) is 5.66. The highest BCUT2D eigenvalue weighted by atomic mass is 16.5. The number of fused-ring (bicyclic) bond motifs is 1. The molecule has 0 radical (unpaired) electrons. The molecular formula is C19H26N2O3. The molecule has 0 bridgehead atoms. The Bertz CT molecular complexity index is 597. The molecule has 0 N–H and O–H groups in total. The first-order valence-corrected chi connectivity index (χ1v) is 8.92.